The quantitative estimate of drug-likeness (QED) is 0.448. The molecule has 3 atom stereocenters. The maximum absolute atomic E-state index is 12.4. The maximum Gasteiger partial charge on any atom is 0.232 e. The van der Waals surface area contributed by atoms with E-state index in [1.54, 1.807) is 0 Å². The second-order valence-electron chi connectivity index (χ2n) is 7.15. The van der Waals surface area contributed by atoms with Crippen molar-refractivity contribution in [2.75, 3.05) is 6.54 Å². The molecule has 3 unspecified atom stereocenters. The van der Waals surface area contributed by atoms with Gasteiger partial charge in [-0.2, -0.15) is 0 Å². The van der Waals surface area contributed by atoms with Gasteiger partial charge in [0.25, 0.3) is 0 Å². The number of hydrogen-bond donors (Lipinski definition) is 4. The lowest BCUT2D eigenvalue weighted by atomic mass is 9.99. The Labute approximate surface area is 156 Å². The zero-order valence-electron chi connectivity index (χ0n) is 16.1. The van der Waals surface area contributed by atoms with Crippen molar-refractivity contribution in [3.05, 3.63) is 35.9 Å². The molecule has 0 aliphatic rings. The maximum atomic E-state index is 12.4. The summed E-state index contributed by atoms with van der Waals surface area (Å²) in [4.78, 5) is 24.8. The van der Waals surface area contributed by atoms with Gasteiger partial charge >= 0.3 is 0 Å². The van der Waals surface area contributed by atoms with Crippen LogP contribution in [-0.2, 0) is 16.1 Å². The average molecular weight is 364 g/mol. The van der Waals surface area contributed by atoms with Crippen molar-refractivity contribution in [3.63, 3.8) is 0 Å². The third-order valence-corrected chi connectivity index (χ3v) is 4.24. The molecule has 0 fully saturated rings. The van der Waals surface area contributed by atoms with Crippen LogP contribution in [0.4, 0.5) is 0 Å². The first kappa shape index (κ1) is 22.1. The molecule has 6 heteroatoms. The molecule has 26 heavy (non-hydrogen) atoms. The molecule has 5 N–H and O–H groups in total. The highest BCUT2D eigenvalue weighted by Crippen LogP contribution is 2.09. The molecule has 0 saturated carbocycles. The monoisotopic (exact) mass is 363 g/mol. The van der Waals surface area contributed by atoms with Gasteiger partial charge in [0.1, 0.15) is 5.92 Å². The zero-order chi connectivity index (χ0) is 19.5. The van der Waals surface area contributed by atoms with Gasteiger partial charge < -0.3 is 21.5 Å². The molecule has 0 aliphatic heterocycles. The topological polar surface area (TPSA) is 104 Å². The van der Waals surface area contributed by atoms with Crippen molar-refractivity contribution in [2.45, 2.75) is 58.7 Å². The summed E-state index contributed by atoms with van der Waals surface area (Å²) in [5, 5.41) is 15.6. The van der Waals surface area contributed by atoms with Crippen molar-refractivity contribution in [3.8, 4) is 0 Å². The second kappa shape index (κ2) is 11.6. The lowest BCUT2D eigenvalue weighted by molar-refractivity contribution is -0.136. The molecule has 1 aromatic carbocycles. The third-order valence-electron chi connectivity index (χ3n) is 4.24. The largest absolute Gasteiger partial charge is 0.390 e. The predicted molar refractivity (Wildman–Crippen MR) is 103 cm³/mol. The molecular weight excluding hydrogens is 330 g/mol. The molecule has 0 aliphatic carbocycles. The number of benzene rings is 1. The summed E-state index contributed by atoms with van der Waals surface area (Å²) in [6, 6.07) is 9.16. The Morgan fingerprint density at radius 3 is 2.31 bits per heavy atom. The van der Waals surface area contributed by atoms with Crippen LogP contribution >= 0.6 is 0 Å². The molecule has 0 aromatic heterocycles. The van der Waals surface area contributed by atoms with Gasteiger partial charge in [-0.05, 0) is 24.3 Å². The fraction of sp³-hybridized carbons (Fsp3) is 0.600. The molecule has 146 valence electrons. The standard InChI is InChI=1S/C20H33N3O3/c1-4-8-16(19(25)22-12-15-9-6-5-7-10-15)20(26)23-13-18(24)17(21)11-14(2)3/h5-7,9-10,14,16-18,24H,4,8,11-13,21H2,1-3H3,(H,22,25)(H,23,26). The van der Waals surface area contributed by atoms with E-state index in [9.17, 15) is 14.7 Å². The minimum atomic E-state index is -0.823. The number of hydrogen-bond acceptors (Lipinski definition) is 4. The van der Waals surface area contributed by atoms with E-state index in [-0.39, 0.29) is 18.4 Å². The first-order valence-electron chi connectivity index (χ1n) is 9.38. The van der Waals surface area contributed by atoms with Crippen LogP contribution in [0.5, 0.6) is 0 Å². The Balaban J connectivity index is 2.53. The summed E-state index contributed by atoms with van der Waals surface area (Å²) >= 11 is 0. The van der Waals surface area contributed by atoms with Gasteiger partial charge in [0.05, 0.1) is 6.10 Å². The molecule has 0 bridgehead atoms. The van der Waals surface area contributed by atoms with Crippen LogP contribution in [-0.4, -0.2) is 35.6 Å². The minimum Gasteiger partial charge on any atom is -0.390 e. The van der Waals surface area contributed by atoms with E-state index in [1.807, 2.05) is 51.1 Å². The predicted octanol–water partition coefficient (Wildman–Crippen LogP) is 1.57. The minimum absolute atomic E-state index is 0.0545. The number of nitrogens with two attached hydrogens (primary N) is 1. The van der Waals surface area contributed by atoms with Gasteiger partial charge in [0.2, 0.25) is 11.8 Å². The normalized spacial score (nSPS) is 14.5. The van der Waals surface area contributed by atoms with E-state index in [1.165, 1.54) is 0 Å². The molecule has 0 spiro atoms. The molecule has 1 rings (SSSR count). The van der Waals surface area contributed by atoms with Crippen molar-refractivity contribution in [2.24, 2.45) is 17.6 Å². The number of aliphatic hydroxyl groups is 1. The summed E-state index contributed by atoms with van der Waals surface area (Å²) in [7, 11) is 0. The Morgan fingerprint density at radius 1 is 1.12 bits per heavy atom. The van der Waals surface area contributed by atoms with Gasteiger partial charge in [-0.1, -0.05) is 57.5 Å². The molecule has 6 nitrogen and oxygen atoms in total. The van der Waals surface area contributed by atoms with Gasteiger partial charge in [-0.15, -0.1) is 0 Å². The van der Waals surface area contributed by atoms with Crippen LogP contribution in [0.1, 0.15) is 45.6 Å². The number of carbonyl (C=O) groups is 2. The first-order chi connectivity index (χ1) is 12.3. The highest BCUT2D eigenvalue weighted by Gasteiger charge is 2.26. The first-order valence-corrected chi connectivity index (χ1v) is 9.38. The van der Waals surface area contributed by atoms with Gasteiger partial charge in [0, 0.05) is 19.1 Å². The van der Waals surface area contributed by atoms with E-state index >= 15 is 0 Å². The van der Waals surface area contributed by atoms with Crippen LogP contribution in [0.25, 0.3) is 0 Å². The van der Waals surface area contributed by atoms with Crippen molar-refractivity contribution >= 4 is 11.8 Å². The van der Waals surface area contributed by atoms with Crippen LogP contribution in [0.3, 0.4) is 0 Å². The second-order valence-corrected chi connectivity index (χ2v) is 7.15. The van der Waals surface area contributed by atoms with Crippen LogP contribution in [0.15, 0.2) is 30.3 Å². The number of aliphatic hydroxyl groups excluding tert-OH is 1. The van der Waals surface area contributed by atoms with Crippen LogP contribution in [0.2, 0.25) is 0 Å². The van der Waals surface area contributed by atoms with Crippen molar-refractivity contribution < 1.29 is 14.7 Å². The number of carbonyl (C=O) groups excluding carboxylic acids is 2. The zero-order valence-corrected chi connectivity index (χ0v) is 16.1. The summed E-state index contributed by atoms with van der Waals surface area (Å²) in [5.41, 5.74) is 6.91. The fourth-order valence-electron chi connectivity index (χ4n) is 2.76. The Kier molecular flexibility index (Phi) is 9.91. The van der Waals surface area contributed by atoms with E-state index in [0.29, 0.717) is 31.7 Å². The Morgan fingerprint density at radius 2 is 1.73 bits per heavy atom. The van der Waals surface area contributed by atoms with Crippen molar-refractivity contribution in [1.29, 1.82) is 0 Å². The summed E-state index contributed by atoms with van der Waals surface area (Å²) in [6.45, 7) is 6.42. The number of amides is 2. The van der Waals surface area contributed by atoms with Gasteiger partial charge in [0.15, 0.2) is 0 Å². The van der Waals surface area contributed by atoms with Gasteiger partial charge in [-0.25, -0.2) is 0 Å². The highest BCUT2D eigenvalue weighted by atomic mass is 16.3. The van der Waals surface area contributed by atoms with Crippen molar-refractivity contribution in [1.82, 2.24) is 10.6 Å². The highest BCUT2D eigenvalue weighted by molar-refractivity contribution is 6.00. The Bertz CT molecular complexity index is 548. The molecule has 0 saturated heterocycles. The molecule has 1 aromatic rings. The smallest absolute Gasteiger partial charge is 0.232 e. The van der Waals surface area contributed by atoms with E-state index in [2.05, 4.69) is 10.6 Å². The summed E-state index contributed by atoms with van der Waals surface area (Å²) in [5.74, 6) is -1.06. The number of nitrogens with one attached hydrogen (secondary N) is 2. The Hall–Kier alpha value is -1.92. The fourth-order valence-corrected chi connectivity index (χ4v) is 2.76. The van der Waals surface area contributed by atoms with E-state index in [0.717, 1.165) is 5.56 Å². The number of rotatable bonds is 11. The third kappa shape index (κ3) is 7.97. The average Bonchev–Trinajstić information content (AvgIpc) is 2.62. The lowest BCUT2D eigenvalue weighted by Gasteiger charge is -2.22. The van der Waals surface area contributed by atoms with Gasteiger partial charge in [-0.3, -0.25) is 9.59 Å². The molecule has 0 radical (unpaired) electrons. The van der Waals surface area contributed by atoms with Crippen LogP contribution in [0, 0.1) is 11.8 Å². The summed E-state index contributed by atoms with van der Waals surface area (Å²) < 4.78 is 0. The molecular formula is C20H33N3O3. The summed E-state index contributed by atoms with van der Waals surface area (Å²) in [6.07, 6.45) is 1.02. The SMILES string of the molecule is CCCC(C(=O)NCc1ccccc1)C(=O)NCC(O)C(N)CC(C)C. The van der Waals surface area contributed by atoms with Crippen LogP contribution < -0.4 is 16.4 Å². The molecule has 0 heterocycles. The lowest BCUT2D eigenvalue weighted by Crippen LogP contribution is -2.47. The van der Waals surface area contributed by atoms with E-state index < -0.39 is 18.1 Å². The molecule has 2 amide bonds. The van der Waals surface area contributed by atoms with E-state index in [4.69, 9.17) is 5.73 Å².